The van der Waals surface area contributed by atoms with Crippen LogP contribution in [0.3, 0.4) is 0 Å². The van der Waals surface area contributed by atoms with Gasteiger partial charge in [-0.3, -0.25) is 4.79 Å². The summed E-state index contributed by atoms with van der Waals surface area (Å²) in [5, 5.41) is 6.43. The van der Waals surface area contributed by atoms with Crippen LogP contribution in [0.4, 0.5) is 0 Å². The molecule has 2 N–H and O–H groups in total. The minimum absolute atomic E-state index is 0. The van der Waals surface area contributed by atoms with Gasteiger partial charge in [0.2, 0.25) is 5.91 Å². The molecule has 3 rings (SSSR count). The van der Waals surface area contributed by atoms with Crippen LogP contribution in [0.5, 0.6) is 0 Å². The average molecular weight is 338 g/mol. The van der Waals surface area contributed by atoms with Crippen molar-refractivity contribution >= 4 is 30.7 Å². The third-order valence-electron chi connectivity index (χ3n) is 4.58. The lowest BCUT2D eigenvalue weighted by atomic mass is 10.0. The van der Waals surface area contributed by atoms with E-state index in [0.29, 0.717) is 12.6 Å². The maximum Gasteiger partial charge on any atom is 0.234 e. The first-order valence-electron chi connectivity index (χ1n) is 8.02. The van der Waals surface area contributed by atoms with Crippen LogP contribution in [0.2, 0.25) is 0 Å². The van der Waals surface area contributed by atoms with Crippen molar-refractivity contribution in [3.8, 4) is 0 Å². The average Bonchev–Trinajstić information content (AvgIpc) is 3.26. The van der Waals surface area contributed by atoms with Crippen LogP contribution in [0, 0.1) is 11.8 Å². The first kappa shape index (κ1) is 19.0. The Labute approximate surface area is 140 Å². The van der Waals surface area contributed by atoms with Gasteiger partial charge < -0.3 is 15.5 Å². The minimum atomic E-state index is 0. The molecule has 3 fully saturated rings. The quantitative estimate of drug-likeness (QED) is 0.744. The number of halogens is 2. The van der Waals surface area contributed by atoms with Crippen LogP contribution in [0.1, 0.15) is 38.5 Å². The van der Waals surface area contributed by atoms with Crippen LogP contribution in [-0.2, 0) is 4.79 Å². The van der Waals surface area contributed by atoms with Crippen molar-refractivity contribution in [1.29, 1.82) is 0 Å². The predicted octanol–water partition coefficient (Wildman–Crippen LogP) is 1.82. The molecule has 0 aromatic carbocycles. The Morgan fingerprint density at radius 3 is 2.14 bits per heavy atom. The lowest BCUT2D eigenvalue weighted by Crippen LogP contribution is -2.47. The van der Waals surface area contributed by atoms with Crippen molar-refractivity contribution in [2.75, 3.05) is 32.7 Å². The molecule has 0 atom stereocenters. The minimum Gasteiger partial charge on any atom is -0.352 e. The fourth-order valence-electron chi connectivity index (χ4n) is 2.92. The molecule has 0 bridgehead atoms. The second-order valence-corrected chi connectivity index (χ2v) is 6.66. The van der Waals surface area contributed by atoms with Crippen LogP contribution in [0.15, 0.2) is 0 Å². The maximum atomic E-state index is 11.8. The van der Waals surface area contributed by atoms with E-state index < -0.39 is 0 Å². The lowest BCUT2D eigenvalue weighted by Gasteiger charge is -2.32. The van der Waals surface area contributed by atoms with Gasteiger partial charge in [-0.15, -0.1) is 24.8 Å². The van der Waals surface area contributed by atoms with Gasteiger partial charge in [0.05, 0.1) is 6.54 Å². The molecule has 0 radical (unpaired) electrons. The summed E-state index contributed by atoms with van der Waals surface area (Å²) in [4.78, 5) is 14.4. The third-order valence-corrected chi connectivity index (χ3v) is 4.58. The van der Waals surface area contributed by atoms with E-state index in [9.17, 15) is 4.79 Å². The third kappa shape index (κ3) is 7.18. The molecule has 1 heterocycles. The largest absolute Gasteiger partial charge is 0.352 e. The van der Waals surface area contributed by atoms with Crippen molar-refractivity contribution in [1.82, 2.24) is 15.5 Å². The number of nitrogens with zero attached hydrogens (tertiary/aromatic N) is 1. The Morgan fingerprint density at radius 2 is 1.57 bits per heavy atom. The predicted molar refractivity (Wildman–Crippen MR) is 90.4 cm³/mol. The molecule has 1 aliphatic heterocycles. The molecular formula is C15H29Cl2N3O. The fraction of sp³-hybridized carbons (Fsp3) is 0.933. The van der Waals surface area contributed by atoms with Crippen LogP contribution >= 0.6 is 24.8 Å². The standard InChI is InChI=1S/C15H27N3O.2ClH/c19-15(10-16-9-12-1-2-12)17-14-5-7-18(8-6-14)11-13-3-4-13;;/h12-14,16H,1-11H2,(H,17,19);2*1H. The molecule has 0 aromatic rings. The Morgan fingerprint density at radius 1 is 0.952 bits per heavy atom. The summed E-state index contributed by atoms with van der Waals surface area (Å²) >= 11 is 0. The molecule has 2 aliphatic carbocycles. The van der Waals surface area contributed by atoms with E-state index in [1.165, 1.54) is 32.2 Å². The van der Waals surface area contributed by atoms with Crippen LogP contribution < -0.4 is 10.6 Å². The first-order valence-corrected chi connectivity index (χ1v) is 8.02. The van der Waals surface area contributed by atoms with E-state index in [4.69, 9.17) is 0 Å². The van der Waals surface area contributed by atoms with Crippen LogP contribution in [-0.4, -0.2) is 49.6 Å². The van der Waals surface area contributed by atoms with Crippen LogP contribution in [0.25, 0.3) is 0 Å². The van der Waals surface area contributed by atoms with Crippen molar-refractivity contribution in [2.45, 2.75) is 44.6 Å². The fourth-order valence-corrected chi connectivity index (χ4v) is 2.92. The Bertz CT molecular complexity index is 314. The van der Waals surface area contributed by atoms with Crippen molar-refractivity contribution < 1.29 is 4.79 Å². The number of carbonyl (C=O) groups excluding carboxylic acids is 1. The highest BCUT2D eigenvalue weighted by atomic mass is 35.5. The summed E-state index contributed by atoms with van der Waals surface area (Å²) in [7, 11) is 0. The smallest absolute Gasteiger partial charge is 0.234 e. The molecule has 3 aliphatic rings. The number of likely N-dealkylation sites (tertiary alicyclic amines) is 1. The summed E-state index contributed by atoms with van der Waals surface area (Å²) in [5.74, 6) is 2.01. The molecule has 0 aromatic heterocycles. The van der Waals surface area contributed by atoms with E-state index in [0.717, 1.165) is 44.3 Å². The van der Waals surface area contributed by atoms with E-state index in [1.54, 1.807) is 0 Å². The van der Waals surface area contributed by atoms with E-state index in [-0.39, 0.29) is 30.7 Å². The molecule has 6 heteroatoms. The highest BCUT2D eigenvalue weighted by Crippen LogP contribution is 2.30. The monoisotopic (exact) mass is 337 g/mol. The molecule has 124 valence electrons. The van der Waals surface area contributed by atoms with Gasteiger partial charge in [0, 0.05) is 25.7 Å². The van der Waals surface area contributed by atoms with Gasteiger partial charge in [-0.05, 0) is 56.9 Å². The van der Waals surface area contributed by atoms with Crippen molar-refractivity contribution in [3.05, 3.63) is 0 Å². The molecule has 1 saturated heterocycles. The number of hydrogen-bond acceptors (Lipinski definition) is 3. The lowest BCUT2D eigenvalue weighted by molar-refractivity contribution is -0.121. The Kier molecular flexibility index (Phi) is 8.32. The normalized spacial score (nSPS) is 23.0. The number of carbonyl (C=O) groups is 1. The summed E-state index contributed by atoms with van der Waals surface area (Å²) in [6.45, 7) is 5.14. The highest BCUT2D eigenvalue weighted by molar-refractivity contribution is 5.85. The number of amides is 1. The van der Waals surface area contributed by atoms with Gasteiger partial charge in [0.15, 0.2) is 0 Å². The highest BCUT2D eigenvalue weighted by Gasteiger charge is 2.27. The van der Waals surface area contributed by atoms with Crippen molar-refractivity contribution in [3.63, 3.8) is 0 Å². The second-order valence-electron chi connectivity index (χ2n) is 6.66. The molecule has 0 unspecified atom stereocenters. The first-order chi connectivity index (χ1) is 9.29. The SMILES string of the molecule is Cl.Cl.O=C(CNCC1CC1)NC1CCN(CC2CC2)CC1. The molecule has 21 heavy (non-hydrogen) atoms. The molecule has 1 amide bonds. The van der Waals surface area contributed by atoms with Gasteiger partial charge in [0.25, 0.3) is 0 Å². The molecule has 0 spiro atoms. The summed E-state index contributed by atoms with van der Waals surface area (Å²) < 4.78 is 0. The number of hydrogen-bond donors (Lipinski definition) is 2. The van der Waals surface area contributed by atoms with E-state index in [1.807, 2.05) is 0 Å². The molecule has 4 nitrogen and oxygen atoms in total. The van der Waals surface area contributed by atoms with Gasteiger partial charge in [-0.2, -0.15) is 0 Å². The topological polar surface area (TPSA) is 44.4 Å². The molecular weight excluding hydrogens is 309 g/mol. The zero-order chi connectivity index (χ0) is 13.1. The zero-order valence-electron chi connectivity index (χ0n) is 12.7. The summed E-state index contributed by atoms with van der Waals surface area (Å²) in [5.41, 5.74) is 0. The Hall–Kier alpha value is -0.0300. The van der Waals surface area contributed by atoms with E-state index in [2.05, 4.69) is 15.5 Å². The molecule has 2 saturated carbocycles. The van der Waals surface area contributed by atoms with E-state index >= 15 is 0 Å². The van der Waals surface area contributed by atoms with Crippen molar-refractivity contribution in [2.24, 2.45) is 11.8 Å². The van der Waals surface area contributed by atoms with Gasteiger partial charge in [-0.1, -0.05) is 0 Å². The number of rotatable bonds is 7. The second kappa shape index (κ2) is 9.19. The van der Waals surface area contributed by atoms with Gasteiger partial charge >= 0.3 is 0 Å². The number of piperidine rings is 1. The summed E-state index contributed by atoms with van der Waals surface area (Å²) in [6.07, 6.45) is 7.80. The Balaban J connectivity index is 0.00000110. The van der Waals surface area contributed by atoms with Gasteiger partial charge in [-0.25, -0.2) is 0 Å². The van der Waals surface area contributed by atoms with Gasteiger partial charge in [0.1, 0.15) is 0 Å². The summed E-state index contributed by atoms with van der Waals surface area (Å²) in [6, 6.07) is 0.408. The number of nitrogens with one attached hydrogen (secondary N) is 2. The maximum absolute atomic E-state index is 11.8. The zero-order valence-corrected chi connectivity index (χ0v) is 14.3.